The molecule has 4 aromatic rings. The number of ether oxygens (including phenoxy) is 1. The Bertz CT molecular complexity index is 1280. The fraction of sp³-hybridized carbons (Fsp3) is 0.148. The van der Waals surface area contributed by atoms with E-state index in [0.717, 1.165) is 28.1 Å². The predicted molar refractivity (Wildman–Crippen MR) is 132 cm³/mol. The van der Waals surface area contributed by atoms with E-state index in [4.69, 9.17) is 9.84 Å². The van der Waals surface area contributed by atoms with Crippen LogP contribution in [0.4, 0.5) is 5.82 Å². The van der Waals surface area contributed by atoms with Crippen molar-refractivity contribution in [2.24, 2.45) is 0 Å². The lowest BCUT2D eigenvalue weighted by molar-refractivity contribution is -0.125. The summed E-state index contributed by atoms with van der Waals surface area (Å²) < 4.78 is 7.13. The lowest BCUT2D eigenvalue weighted by Gasteiger charge is -2.12. The molecule has 0 bridgehead atoms. The van der Waals surface area contributed by atoms with Crippen molar-refractivity contribution >= 4 is 17.6 Å². The Balaban J connectivity index is 1.47. The number of carbonyl (C=O) groups is 2. The van der Waals surface area contributed by atoms with Crippen LogP contribution in [0.5, 0.6) is 5.75 Å². The molecule has 0 saturated heterocycles. The summed E-state index contributed by atoms with van der Waals surface area (Å²) in [4.78, 5) is 24.7. The Labute approximate surface area is 198 Å². The second-order valence-electron chi connectivity index (χ2n) is 7.91. The Hall–Kier alpha value is -4.39. The maximum Gasteiger partial charge on any atom is 0.258 e. The molecule has 2 amide bonds. The Morgan fingerprint density at radius 1 is 0.882 bits per heavy atom. The maximum atomic E-state index is 12.7. The molecule has 7 nitrogen and oxygen atoms in total. The van der Waals surface area contributed by atoms with E-state index in [1.54, 1.807) is 16.8 Å². The minimum Gasteiger partial charge on any atom is -0.484 e. The Morgan fingerprint density at radius 3 is 2.29 bits per heavy atom. The fourth-order valence-electron chi connectivity index (χ4n) is 3.53. The van der Waals surface area contributed by atoms with Gasteiger partial charge in [-0.05, 0) is 37.6 Å². The zero-order valence-corrected chi connectivity index (χ0v) is 19.1. The highest BCUT2D eigenvalue weighted by Gasteiger charge is 2.16. The van der Waals surface area contributed by atoms with E-state index in [9.17, 15) is 9.59 Å². The summed E-state index contributed by atoms with van der Waals surface area (Å²) in [5.41, 5.74) is 4.71. The van der Waals surface area contributed by atoms with E-state index in [1.165, 1.54) is 0 Å². The van der Waals surface area contributed by atoms with Crippen LogP contribution in [0.3, 0.4) is 0 Å². The molecule has 172 valence electrons. The molecule has 0 radical (unpaired) electrons. The molecular formula is C27H26N4O3. The number of benzene rings is 3. The van der Waals surface area contributed by atoms with Crippen molar-refractivity contribution in [1.82, 2.24) is 15.1 Å². The summed E-state index contributed by atoms with van der Waals surface area (Å²) in [6, 6.07) is 26.7. The first-order valence-electron chi connectivity index (χ1n) is 11.0. The van der Waals surface area contributed by atoms with E-state index in [1.807, 2.05) is 80.6 Å². The van der Waals surface area contributed by atoms with Crippen LogP contribution in [-0.2, 0) is 9.59 Å². The van der Waals surface area contributed by atoms with Crippen LogP contribution in [0.15, 0.2) is 84.9 Å². The number of hydrogen-bond donors (Lipinski definition) is 2. The van der Waals surface area contributed by atoms with Gasteiger partial charge in [-0.3, -0.25) is 9.59 Å². The quantitative estimate of drug-likeness (QED) is 0.416. The van der Waals surface area contributed by atoms with Crippen molar-refractivity contribution in [1.29, 1.82) is 0 Å². The number of aromatic nitrogens is 2. The van der Waals surface area contributed by atoms with Gasteiger partial charge in [-0.25, -0.2) is 4.68 Å². The van der Waals surface area contributed by atoms with Crippen molar-refractivity contribution < 1.29 is 14.3 Å². The maximum absolute atomic E-state index is 12.7. The lowest BCUT2D eigenvalue weighted by atomic mass is 10.1. The SMILES string of the molecule is Cc1ccc(-n2nc(-c3ccccc3)cc2NC(=O)CNC(=O)COc2ccccc2)c(C)c1. The first-order chi connectivity index (χ1) is 16.5. The summed E-state index contributed by atoms with van der Waals surface area (Å²) in [6.07, 6.45) is 0. The van der Waals surface area contributed by atoms with E-state index in [-0.39, 0.29) is 25.0 Å². The number of nitrogens with one attached hydrogen (secondary N) is 2. The van der Waals surface area contributed by atoms with Gasteiger partial charge in [-0.2, -0.15) is 5.10 Å². The summed E-state index contributed by atoms with van der Waals surface area (Å²) >= 11 is 0. The predicted octanol–water partition coefficient (Wildman–Crippen LogP) is 4.29. The third-order valence-corrected chi connectivity index (χ3v) is 5.19. The lowest BCUT2D eigenvalue weighted by Crippen LogP contribution is -2.36. The van der Waals surface area contributed by atoms with Crippen LogP contribution >= 0.6 is 0 Å². The molecule has 0 unspecified atom stereocenters. The Kier molecular flexibility index (Phi) is 7.03. The first-order valence-corrected chi connectivity index (χ1v) is 11.0. The van der Waals surface area contributed by atoms with Crippen LogP contribution in [0.25, 0.3) is 16.9 Å². The number of amides is 2. The van der Waals surface area contributed by atoms with Gasteiger partial charge < -0.3 is 15.4 Å². The molecule has 1 aromatic heterocycles. The summed E-state index contributed by atoms with van der Waals surface area (Å²) in [6.45, 7) is 3.68. The van der Waals surface area contributed by atoms with E-state index in [0.29, 0.717) is 11.6 Å². The van der Waals surface area contributed by atoms with Crippen LogP contribution < -0.4 is 15.4 Å². The van der Waals surface area contributed by atoms with Crippen molar-refractivity contribution in [2.75, 3.05) is 18.5 Å². The molecule has 0 spiro atoms. The molecule has 0 saturated carbocycles. The average molecular weight is 455 g/mol. The van der Waals surface area contributed by atoms with Crippen LogP contribution in [-0.4, -0.2) is 34.7 Å². The number of para-hydroxylation sites is 1. The van der Waals surface area contributed by atoms with Gasteiger partial charge in [0.1, 0.15) is 11.6 Å². The highest BCUT2D eigenvalue weighted by molar-refractivity contribution is 5.94. The molecule has 0 fully saturated rings. The van der Waals surface area contributed by atoms with Crippen LogP contribution in [0.1, 0.15) is 11.1 Å². The number of nitrogens with zero attached hydrogens (tertiary/aromatic N) is 2. The van der Waals surface area contributed by atoms with Crippen molar-refractivity contribution in [3.05, 3.63) is 96.1 Å². The molecule has 1 heterocycles. The molecule has 7 heteroatoms. The highest BCUT2D eigenvalue weighted by Crippen LogP contribution is 2.26. The molecule has 0 aliphatic carbocycles. The monoisotopic (exact) mass is 454 g/mol. The smallest absolute Gasteiger partial charge is 0.258 e. The number of carbonyl (C=O) groups excluding carboxylic acids is 2. The van der Waals surface area contributed by atoms with E-state index in [2.05, 4.69) is 16.7 Å². The third-order valence-electron chi connectivity index (χ3n) is 5.19. The normalized spacial score (nSPS) is 10.5. The minimum atomic E-state index is -0.383. The van der Waals surface area contributed by atoms with Gasteiger partial charge in [-0.15, -0.1) is 0 Å². The number of hydrogen-bond acceptors (Lipinski definition) is 4. The number of rotatable bonds is 8. The molecular weight excluding hydrogens is 428 g/mol. The molecule has 3 aromatic carbocycles. The average Bonchev–Trinajstić information content (AvgIpc) is 3.26. The third kappa shape index (κ3) is 5.69. The first kappa shape index (κ1) is 22.8. The van der Waals surface area contributed by atoms with Crippen molar-refractivity contribution in [3.8, 4) is 22.7 Å². The topological polar surface area (TPSA) is 85.3 Å². The van der Waals surface area contributed by atoms with Gasteiger partial charge in [0.15, 0.2) is 6.61 Å². The number of anilines is 1. The van der Waals surface area contributed by atoms with Gasteiger partial charge in [0.2, 0.25) is 5.91 Å². The highest BCUT2D eigenvalue weighted by atomic mass is 16.5. The summed E-state index contributed by atoms with van der Waals surface area (Å²) in [5.74, 6) is 0.365. The fourth-order valence-corrected chi connectivity index (χ4v) is 3.53. The number of aryl methyl sites for hydroxylation is 2. The van der Waals surface area contributed by atoms with Gasteiger partial charge in [0, 0.05) is 11.6 Å². The summed E-state index contributed by atoms with van der Waals surface area (Å²) in [5, 5.41) is 10.2. The van der Waals surface area contributed by atoms with Gasteiger partial charge >= 0.3 is 0 Å². The van der Waals surface area contributed by atoms with E-state index < -0.39 is 0 Å². The minimum absolute atomic E-state index is 0.171. The zero-order valence-electron chi connectivity index (χ0n) is 19.1. The van der Waals surface area contributed by atoms with Crippen molar-refractivity contribution in [3.63, 3.8) is 0 Å². The molecule has 4 rings (SSSR count). The molecule has 0 atom stereocenters. The Morgan fingerprint density at radius 2 is 1.59 bits per heavy atom. The second kappa shape index (κ2) is 10.5. The second-order valence-corrected chi connectivity index (χ2v) is 7.91. The molecule has 0 aliphatic rings. The molecule has 2 N–H and O–H groups in total. The summed E-state index contributed by atoms with van der Waals surface area (Å²) in [7, 11) is 0. The van der Waals surface area contributed by atoms with E-state index >= 15 is 0 Å². The van der Waals surface area contributed by atoms with Gasteiger partial charge in [0.05, 0.1) is 17.9 Å². The van der Waals surface area contributed by atoms with Crippen molar-refractivity contribution in [2.45, 2.75) is 13.8 Å². The zero-order chi connectivity index (χ0) is 23.9. The molecule has 0 aliphatic heterocycles. The van der Waals surface area contributed by atoms with Crippen LogP contribution in [0, 0.1) is 13.8 Å². The standard InChI is InChI=1S/C27H26N4O3/c1-19-13-14-24(20(2)15-19)31-25(16-23(30-31)21-9-5-3-6-10-21)29-26(32)17-28-27(33)18-34-22-11-7-4-8-12-22/h3-16H,17-18H2,1-2H3,(H,28,33)(H,29,32). The largest absolute Gasteiger partial charge is 0.484 e. The van der Waals surface area contributed by atoms with Gasteiger partial charge in [-0.1, -0.05) is 66.2 Å². The van der Waals surface area contributed by atoms with Gasteiger partial charge in [0.25, 0.3) is 5.91 Å². The molecule has 34 heavy (non-hydrogen) atoms. The van der Waals surface area contributed by atoms with Crippen LogP contribution in [0.2, 0.25) is 0 Å².